The molecule has 3 nitrogen and oxygen atoms in total. The van der Waals surface area contributed by atoms with E-state index in [0.29, 0.717) is 6.04 Å². The Bertz CT molecular complexity index is 1100. The summed E-state index contributed by atoms with van der Waals surface area (Å²) in [6, 6.07) is 28.0. The predicted molar refractivity (Wildman–Crippen MR) is 145 cm³/mol. The van der Waals surface area contributed by atoms with Crippen LogP contribution in [0.15, 0.2) is 78.9 Å². The van der Waals surface area contributed by atoms with Crippen molar-refractivity contribution in [2.75, 3.05) is 31.1 Å². The van der Waals surface area contributed by atoms with Gasteiger partial charge in [0.05, 0.1) is 0 Å². The van der Waals surface area contributed by atoms with Crippen LogP contribution in [0.1, 0.15) is 51.3 Å². The third-order valence-corrected chi connectivity index (χ3v) is 6.78. The first-order valence-corrected chi connectivity index (χ1v) is 12.4. The monoisotopic (exact) mass is 454 g/mol. The van der Waals surface area contributed by atoms with Crippen LogP contribution in [0, 0.1) is 5.41 Å². The molecular weight excluding hydrogens is 416 g/mol. The second kappa shape index (κ2) is 10.1. The van der Waals surface area contributed by atoms with E-state index in [1.165, 1.54) is 28.0 Å². The van der Waals surface area contributed by atoms with Gasteiger partial charge in [-0.05, 0) is 71.4 Å². The minimum atomic E-state index is -0.0690. The van der Waals surface area contributed by atoms with Gasteiger partial charge in [-0.25, -0.2) is 0 Å². The third kappa shape index (κ3) is 5.37. The molecule has 3 aromatic carbocycles. The SMILES string of the molecule is CC(C)N1CCN(c2ccc(/C(=C(\c3ccccc3)C(C)(C)C)c3ccc(O)cc3)cc2)CC1. The van der Waals surface area contributed by atoms with Crippen molar-refractivity contribution in [3.63, 3.8) is 0 Å². The average Bonchev–Trinajstić information content (AvgIpc) is 2.83. The number of anilines is 1. The maximum atomic E-state index is 9.93. The van der Waals surface area contributed by atoms with Gasteiger partial charge in [0.25, 0.3) is 0 Å². The number of allylic oxidation sites excluding steroid dienone is 1. The van der Waals surface area contributed by atoms with E-state index < -0.39 is 0 Å². The van der Waals surface area contributed by atoms with Crippen LogP contribution >= 0.6 is 0 Å². The number of nitrogens with zero attached hydrogens (tertiary/aromatic N) is 2. The normalized spacial score (nSPS) is 16.0. The van der Waals surface area contributed by atoms with Crippen LogP contribution in [0.2, 0.25) is 0 Å². The Morgan fingerprint density at radius 1 is 0.706 bits per heavy atom. The molecule has 178 valence electrons. The van der Waals surface area contributed by atoms with Crippen LogP contribution in [0.4, 0.5) is 5.69 Å². The summed E-state index contributed by atoms with van der Waals surface area (Å²) < 4.78 is 0. The topological polar surface area (TPSA) is 26.7 Å². The lowest BCUT2D eigenvalue weighted by Gasteiger charge is -2.38. The molecule has 1 heterocycles. The standard InChI is InChI=1S/C31H38N2O/c1-23(2)32-19-21-33(22-20-32)27-15-11-24(12-16-27)29(25-13-17-28(34)18-14-25)30(31(3,4)5)26-9-7-6-8-10-26/h6-18,23,34H,19-22H2,1-5H3/b30-29-. The van der Waals surface area contributed by atoms with Crippen molar-refractivity contribution in [1.29, 1.82) is 0 Å². The zero-order valence-electron chi connectivity index (χ0n) is 21.3. The maximum absolute atomic E-state index is 9.93. The van der Waals surface area contributed by atoms with E-state index in [1.807, 2.05) is 12.1 Å². The van der Waals surface area contributed by atoms with Gasteiger partial charge in [0, 0.05) is 37.9 Å². The number of hydrogen-bond acceptors (Lipinski definition) is 3. The first-order chi connectivity index (χ1) is 16.2. The highest BCUT2D eigenvalue weighted by Gasteiger charge is 2.25. The summed E-state index contributed by atoms with van der Waals surface area (Å²) in [7, 11) is 0. The summed E-state index contributed by atoms with van der Waals surface area (Å²) in [6.07, 6.45) is 0. The highest BCUT2D eigenvalue weighted by molar-refractivity contribution is 6.00. The van der Waals surface area contributed by atoms with E-state index in [2.05, 4.69) is 99.0 Å². The molecule has 0 aromatic heterocycles. The summed E-state index contributed by atoms with van der Waals surface area (Å²) in [5.74, 6) is 0.288. The smallest absolute Gasteiger partial charge is 0.115 e. The van der Waals surface area contributed by atoms with Gasteiger partial charge >= 0.3 is 0 Å². The van der Waals surface area contributed by atoms with Gasteiger partial charge in [0.2, 0.25) is 0 Å². The zero-order chi connectivity index (χ0) is 24.3. The number of benzene rings is 3. The minimum absolute atomic E-state index is 0.0690. The van der Waals surface area contributed by atoms with Gasteiger partial charge in [-0.3, -0.25) is 4.90 Å². The fourth-order valence-corrected chi connectivity index (χ4v) is 4.98. The largest absolute Gasteiger partial charge is 0.508 e. The molecule has 1 aliphatic heterocycles. The van der Waals surface area contributed by atoms with Gasteiger partial charge in [-0.2, -0.15) is 0 Å². The number of hydrogen-bond donors (Lipinski definition) is 1. The number of rotatable bonds is 5. The van der Waals surface area contributed by atoms with Crippen molar-refractivity contribution in [2.45, 2.75) is 40.7 Å². The van der Waals surface area contributed by atoms with E-state index in [4.69, 9.17) is 0 Å². The quantitative estimate of drug-likeness (QED) is 0.424. The van der Waals surface area contributed by atoms with E-state index >= 15 is 0 Å². The molecule has 0 bridgehead atoms. The lowest BCUT2D eigenvalue weighted by molar-refractivity contribution is 0.209. The van der Waals surface area contributed by atoms with Crippen LogP contribution in [-0.2, 0) is 0 Å². The zero-order valence-corrected chi connectivity index (χ0v) is 21.3. The molecule has 0 spiro atoms. The molecule has 0 aliphatic carbocycles. The van der Waals surface area contributed by atoms with Crippen molar-refractivity contribution in [3.8, 4) is 5.75 Å². The number of phenolic OH excluding ortho intramolecular Hbond substituents is 1. The Hall–Kier alpha value is -3.04. The van der Waals surface area contributed by atoms with Gasteiger partial charge in [-0.1, -0.05) is 75.4 Å². The summed E-state index contributed by atoms with van der Waals surface area (Å²) in [4.78, 5) is 5.04. The fourth-order valence-electron chi connectivity index (χ4n) is 4.98. The lowest BCUT2D eigenvalue weighted by atomic mass is 9.76. The molecule has 34 heavy (non-hydrogen) atoms. The molecule has 0 atom stereocenters. The van der Waals surface area contributed by atoms with Crippen molar-refractivity contribution in [1.82, 2.24) is 4.90 Å². The van der Waals surface area contributed by atoms with E-state index in [-0.39, 0.29) is 11.2 Å². The van der Waals surface area contributed by atoms with Gasteiger partial charge in [-0.15, -0.1) is 0 Å². The van der Waals surface area contributed by atoms with Crippen LogP contribution in [-0.4, -0.2) is 42.2 Å². The molecule has 3 heteroatoms. The lowest BCUT2D eigenvalue weighted by Crippen LogP contribution is -2.48. The number of phenols is 1. The summed E-state index contributed by atoms with van der Waals surface area (Å²) in [6.45, 7) is 15.7. The third-order valence-electron chi connectivity index (χ3n) is 6.78. The molecule has 0 radical (unpaired) electrons. The first kappa shape index (κ1) is 24.1. The Morgan fingerprint density at radius 3 is 1.74 bits per heavy atom. The van der Waals surface area contributed by atoms with Crippen molar-refractivity contribution >= 4 is 16.8 Å². The number of aromatic hydroxyl groups is 1. The number of piperazine rings is 1. The Labute approximate surface area is 205 Å². The highest BCUT2D eigenvalue weighted by atomic mass is 16.3. The predicted octanol–water partition coefficient (Wildman–Crippen LogP) is 6.93. The minimum Gasteiger partial charge on any atom is -0.508 e. The second-order valence-electron chi connectivity index (χ2n) is 10.6. The molecule has 0 amide bonds. The van der Waals surface area contributed by atoms with Gasteiger partial charge in [0.1, 0.15) is 5.75 Å². The van der Waals surface area contributed by atoms with Gasteiger partial charge in [0.15, 0.2) is 0 Å². The highest BCUT2D eigenvalue weighted by Crippen LogP contribution is 2.43. The summed E-state index contributed by atoms with van der Waals surface area (Å²) in [5, 5.41) is 9.93. The van der Waals surface area contributed by atoms with Crippen LogP contribution < -0.4 is 4.90 Å². The second-order valence-corrected chi connectivity index (χ2v) is 10.6. The summed E-state index contributed by atoms with van der Waals surface area (Å²) >= 11 is 0. The molecule has 0 unspecified atom stereocenters. The van der Waals surface area contributed by atoms with Crippen molar-refractivity contribution in [3.05, 3.63) is 95.6 Å². The average molecular weight is 455 g/mol. The molecule has 1 fully saturated rings. The fraction of sp³-hybridized carbons (Fsp3) is 0.355. The van der Waals surface area contributed by atoms with Crippen molar-refractivity contribution in [2.24, 2.45) is 5.41 Å². The molecule has 1 aliphatic rings. The van der Waals surface area contributed by atoms with E-state index in [0.717, 1.165) is 31.7 Å². The maximum Gasteiger partial charge on any atom is 0.115 e. The van der Waals surface area contributed by atoms with Gasteiger partial charge < -0.3 is 10.0 Å². The Morgan fingerprint density at radius 2 is 1.24 bits per heavy atom. The van der Waals surface area contributed by atoms with Crippen LogP contribution in [0.25, 0.3) is 11.1 Å². The molecule has 0 saturated carbocycles. The molecule has 1 saturated heterocycles. The molecular formula is C31H38N2O. The Kier molecular flexibility index (Phi) is 7.13. The van der Waals surface area contributed by atoms with Crippen molar-refractivity contribution < 1.29 is 5.11 Å². The van der Waals surface area contributed by atoms with Crippen LogP contribution in [0.3, 0.4) is 0 Å². The van der Waals surface area contributed by atoms with Crippen LogP contribution in [0.5, 0.6) is 5.75 Å². The first-order valence-electron chi connectivity index (χ1n) is 12.4. The molecule has 3 aromatic rings. The van der Waals surface area contributed by atoms with E-state index in [1.54, 1.807) is 12.1 Å². The van der Waals surface area contributed by atoms with E-state index in [9.17, 15) is 5.11 Å². The summed E-state index contributed by atoms with van der Waals surface area (Å²) in [5.41, 5.74) is 7.28. The molecule has 1 N–H and O–H groups in total. The Balaban J connectivity index is 1.77. The molecule has 4 rings (SSSR count).